The molecule has 2 aromatic rings. The van der Waals surface area contributed by atoms with Crippen LogP contribution in [0.4, 0.5) is 5.69 Å². The molecule has 5 nitrogen and oxygen atoms in total. The third-order valence-electron chi connectivity index (χ3n) is 4.74. The lowest BCUT2D eigenvalue weighted by molar-refractivity contribution is -0.120. The smallest absolute Gasteiger partial charge is 0.256 e. The molecular formula is C23H24ClN3O2. The van der Waals surface area contributed by atoms with Gasteiger partial charge in [0.05, 0.1) is 11.3 Å². The fourth-order valence-corrected chi connectivity index (χ4v) is 3.59. The van der Waals surface area contributed by atoms with Crippen LogP contribution in [0.25, 0.3) is 0 Å². The van der Waals surface area contributed by atoms with Crippen molar-refractivity contribution in [1.29, 1.82) is 0 Å². The highest BCUT2D eigenvalue weighted by Crippen LogP contribution is 2.28. The highest BCUT2D eigenvalue weighted by atomic mass is 35.5. The molecule has 2 amide bonds. The van der Waals surface area contributed by atoms with Crippen LogP contribution >= 0.6 is 11.6 Å². The van der Waals surface area contributed by atoms with Crippen LogP contribution in [0.3, 0.4) is 0 Å². The first-order valence-corrected chi connectivity index (χ1v) is 10.0. The monoisotopic (exact) mass is 409 g/mol. The summed E-state index contributed by atoms with van der Waals surface area (Å²) in [5.41, 5.74) is 2.61. The number of allylic oxidation sites excluding steroid dienone is 2. The van der Waals surface area contributed by atoms with Gasteiger partial charge in [0.1, 0.15) is 6.04 Å². The number of halogens is 1. The third-order valence-corrected chi connectivity index (χ3v) is 4.97. The number of aromatic nitrogens is 1. The van der Waals surface area contributed by atoms with E-state index in [0.717, 1.165) is 17.7 Å². The van der Waals surface area contributed by atoms with Crippen LogP contribution in [0.1, 0.15) is 36.3 Å². The van der Waals surface area contributed by atoms with Crippen LogP contribution in [0.15, 0.2) is 66.4 Å². The minimum atomic E-state index is -0.686. The van der Waals surface area contributed by atoms with Gasteiger partial charge in [-0.1, -0.05) is 42.8 Å². The molecule has 1 unspecified atom stereocenters. The lowest BCUT2D eigenvalue weighted by Gasteiger charge is -2.29. The van der Waals surface area contributed by atoms with Crippen LogP contribution in [0.5, 0.6) is 0 Å². The van der Waals surface area contributed by atoms with Gasteiger partial charge in [0.25, 0.3) is 5.91 Å². The average Bonchev–Trinajstić information content (AvgIpc) is 2.79. The molecule has 1 aromatic heterocycles. The molecule has 3 rings (SSSR count). The van der Waals surface area contributed by atoms with Gasteiger partial charge in [0.15, 0.2) is 0 Å². The SMILES string of the molecule is C/C=C\C(=C/CC)CN1C(=O)c2ccc(Cl)cc2NC(=O)C1Cc1ccccn1. The number of pyridine rings is 1. The fourth-order valence-electron chi connectivity index (χ4n) is 3.42. The van der Waals surface area contributed by atoms with E-state index in [-0.39, 0.29) is 11.8 Å². The summed E-state index contributed by atoms with van der Waals surface area (Å²) in [5, 5.41) is 3.34. The Morgan fingerprint density at radius 2 is 2.10 bits per heavy atom. The summed E-state index contributed by atoms with van der Waals surface area (Å²) >= 11 is 6.09. The zero-order valence-corrected chi connectivity index (χ0v) is 17.3. The maximum Gasteiger partial charge on any atom is 0.256 e. The van der Waals surface area contributed by atoms with Crippen LogP contribution in [-0.4, -0.2) is 34.3 Å². The molecule has 1 N–H and O–H groups in total. The summed E-state index contributed by atoms with van der Waals surface area (Å²) in [4.78, 5) is 32.6. The van der Waals surface area contributed by atoms with Crippen molar-refractivity contribution in [2.75, 3.05) is 11.9 Å². The van der Waals surface area contributed by atoms with Crippen molar-refractivity contribution >= 4 is 29.1 Å². The number of anilines is 1. The van der Waals surface area contributed by atoms with E-state index in [0.29, 0.717) is 29.2 Å². The van der Waals surface area contributed by atoms with Gasteiger partial charge >= 0.3 is 0 Å². The third kappa shape index (κ3) is 4.93. The molecule has 0 bridgehead atoms. The molecule has 1 aliphatic heterocycles. The van der Waals surface area contributed by atoms with E-state index in [1.54, 1.807) is 29.3 Å². The average molecular weight is 410 g/mol. The number of amides is 2. The predicted molar refractivity (Wildman–Crippen MR) is 116 cm³/mol. The maximum atomic E-state index is 13.5. The minimum absolute atomic E-state index is 0.206. The molecular weight excluding hydrogens is 386 g/mol. The normalized spacial score (nSPS) is 17.3. The Balaban J connectivity index is 2.04. The Kier molecular flexibility index (Phi) is 6.83. The molecule has 0 fully saturated rings. The Bertz CT molecular complexity index is 954. The summed E-state index contributed by atoms with van der Waals surface area (Å²) in [6.07, 6.45) is 8.83. The summed E-state index contributed by atoms with van der Waals surface area (Å²) in [6, 6.07) is 9.81. The Morgan fingerprint density at radius 3 is 2.79 bits per heavy atom. The van der Waals surface area contributed by atoms with E-state index in [1.165, 1.54) is 0 Å². The first-order chi connectivity index (χ1) is 14.0. The molecule has 6 heteroatoms. The first-order valence-electron chi connectivity index (χ1n) is 9.66. The molecule has 0 saturated heterocycles. The summed E-state index contributed by atoms with van der Waals surface area (Å²) in [7, 11) is 0. The van der Waals surface area contributed by atoms with Gasteiger partial charge in [-0.05, 0) is 49.2 Å². The molecule has 0 radical (unpaired) electrons. The molecule has 150 valence electrons. The van der Waals surface area contributed by atoms with Crippen molar-refractivity contribution < 1.29 is 9.59 Å². The van der Waals surface area contributed by atoms with Gasteiger partial charge in [-0.3, -0.25) is 14.6 Å². The largest absolute Gasteiger partial charge is 0.323 e. The summed E-state index contributed by atoms with van der Waals surface area (Å²) in [6.45, 7) is 4.32. The zero-order chi connectivity index (χ0) is 20.8. The molecule has 29 heavy (non-hydrogen) atoms. The van der Waals surface area contributed by atoms with Gasteiger partial charge in [-0.25, -0.2) is 0 Å². The lowest BCUT2D eigenvalue weighted by atomic mass is 10.1. The van der Waals surface area contributed by atoms with Crippen molar-refractivity contribution in [2.24, 2.45) is 0 Å². The van der Waals surface area contributed by atoms with Gasteiger partial charge in [-0.15, -0.1) is 0 Å². The number of hydrogen-bond donors (Lipinski definition) is 1. The molecule has 0 saturated carbocycles. The number of carbonyl (C=O) groups excluding carboxylic acids is 2. The number of hydrogen-bond acceptors (Lipinski definition) is 3. The van der Waals surface area contributed by atoms with E-state index in [2.05, 4.69) is 16.4 Å². The van der Waals surface area contributed by atoms with E-state index in [1.807, 2.05) is 44.2 Å². The maximum absolute atomic E-state index is 13.5. The van der Waals surface area contributed by atoms with Crippen LogP contribution < -0.4 is 5.32 Å². The zero-order valence-electron chi connectivity index (χ0n) is 16.6. The molecule has 0 aliphatic carbocycles. The number of fused-ring (bicyclic) bond motifs is 1. The molecule has 1 aliphatic rings. The predicted octanol–water partition coefficient (Wildman–Crippen LogP) is 4.65. The quantitative estimate of drug-likeness (QED) is 0.706. The van der Waals surface area contributed by atoms with Crippen molar-refractivity contribution in [2.45, 2.75) is 32.7 Å². The highest BCUT2D eigenvalue weighted by Gasteiger charge is 2.35. The molecule has 0 spiro atoms. The Labute approximate surface area is 176 Å². The second-order valence-corrected chi connectivity index (χ2v) is 7.28. The molecule has 1 atom stereocenters. The Hall–Kier alpha value is -2.92. The van der Waals surface area contributed by atoms with Crippen molar-refractivity contribution in [1.82, 2.24) is 9.88 Å². The first kappa shape index (κ1) is 20.8. The summed E-state index contributed by atoms with van der Waals surface area (Å²) < 4.78 is 0. The van der Waals surface area contributed by atoms with Gasteiger partial charge < -0.3 is 10.2 Å². The van der Waals surface area contributed by atoms with Gasteiger partial charge in [0.2, 0.25) is 5.91 Å². The molecule has 2 heterocycles. The van der Waals surface area contributed by atoms with Gasteiger partial charge in [-0.2, -0.15) is 0 Å². The number of carbonyl (C=O) groups is 2. The van der Waals surface area contributed by atoms with Gasteiger partial charge in [0, 0.05) is 29.9 Å². The van der Waals surface area contributed by atoms with Crippen molar-refractivity contribution in [3.05, 3.63) is 82.7 Å². The van der Waals surface area contributed by atoms with E-state index in [4.69, 9.17) is 11.6 Å². The second-order valence-electron chi connectivity index (χ2n) is 6.84. The Morgan fingerprint density at radius 1 is 1.28 bits per heavy atom. The molecule has 1 aromatic carbocycles. The number of nitrogens with one attached hydrogen (secondary N) is 1. The van der Waals surface area contributed by atoms with E-state index < -0.39 is 6.04 Å². The standard InChI is InChI=1S/C23H24ClN3O2/c1-3-7-16(8-4-2)15-27-21(14-18-9-5-6-12-25-18)22(28)26-20-13-17(24)10-11-19(20)23(27)29/h3,5-13,21H,4,14-15H2,1-2H3,(H,26,28)/b7-3-,16-8+. The van der Waals surface area contributed by atoms with Crippen molar-refractivity contribution in [3.63, 3.8) is 0 Å². The number of rotatable bonds is 6. The van der Waals surface area contributed by atoms with E-state index >= 15 is 0 Å². The minimum Gasteiger partial charge on any atom is -0.323 e. The summed E-state index contributed by atoms with van der Waals surface area (Å²) in [5.74, 6) is -0.455. The van der Waals surface area contributed by atoms with Crippen LogP contribution in [0.2, 0.25) is 5.02 Å². The lowest BCUT2D eigenvalue weighted by Crippen LogP contribution is -2.47. The number of benzene rings is 1. The topological polar surface area (TPSA) is 62.3 Å². The fraction of sp³-hybridized carbons (Fsp3) is 0.261. The second kappa shape index (κ2) is 9.52. The van der Waals surface area contributed by atoms with Crippen LogP contribution in [0, 0.1) is 0 Å². The number of nitrogens with zero attached hydrogens (tertiary/aromatic N) is 2. The highest BCUT2D eigenvalue weighted by molar-refractivity contribution is 6.31. The van der Waals surface area contributed by atoms with E-state index in [9.17, 15) is 9.59 Å². The van der Waals surface area contributed by atoms with Crippen LogP contribution in [-0.2, 0) is 11.2 Å². The van der Waals surface area contributed by atoms with Crippen molar-refractivity contribution in [3.8, 4) is 0 Å².